The molecule has 3 atom stereocenters. The zero-order valence-corrected chi connectivity index (χ0v) is 11.8. The smallest absolute Gasteiger partial charge is 0.236 e. The highest BCUT2D eigenvalue weighted by molar-refractivity contribution is 7.89. The van der Waals surface area contributed by atoms with Gasteiger partial charge in [-0.1, -0.05) is 6.07 Å². The van der Waals surface area contributed by atoms with Crippen LogP contribution in [0.3, 0.4) is 0 Å². The van der Waals surface area contributed by atoms with Gasteiger partial charge < -0.3 is 5.43 Å². The van der Waals surface area contributed by atoms with Crippen LogP contribution in [0.5, 0.6) is 0 Å². The van der Waals surface area contributed by atoms with Gasteiger partial charge in [0.15, 0.2) is 5.37 Å². The van der Waals surface area contributed by atoms with Crippen molar-refractivity contribution >= 4 is 15.8 Å². The first kappa shape index (κ1) is 12.8. The van der Waals surface area contributed by atoms with E-state index in [4.69, 9.17) is 0 Å². The van der Waals surface area contributed by atoms with E-state index >= 15 is 0 Å². The third-order valence-corrected chi connectivity index (χ3v) is 6.18. The van der Waals surface area contributed by atoms with Gasteiger partial charge in [0.05, 0.1) is 0 Å². The predicted molar refractivity (Wildman–Crippen MR) is 72.7 cm³/mol. The number of hydrazine groups is 1. The number of nitrogens with zero attached hydrogens (tertiary/aromatic N) is 2. The summed E-state index contributed by atoms with van der Waals surface area (Å²) >= 11 is 0. The van der Waals surface area contributed by atoms with E-state index in [0.717, 1.165) is 12.8 Å². The van der Waals surface area contributed by atoms with E-state index in [1.165, 1.54) is 0 Å². The van der Waals surface area contributed by atoms with Crippen molar-refractivity contribution in [3.63, 3.8) is 0 Å². The Balaban J connectivity index is 1.99. The highest BCUT2D eigenvalue weighted by Crippen LogP contribution is 2.37. The summed E-state index contributed by atoms with van der Waals surface area (Å²) < 4.78 is 27.3. The van der Waals surface area contributed by atoms with Crippen LogP contribution in [0.25, 0.3) is 0 Å². The number of fused-ring (bicyclic) bond motifs is 1. The lowest BCUT2D eigenvalue weighted by Gasteiger charge is -2.28. The molecule has 0 saturated carbocycles. The van der Waals surface area contributed by atoms with Crippen LogP contribution in [-0.4, -0.2) is 29.8 Å². The highest BCUT2D eigenvalue weighted by atomic mass is 32.2. The quantitative estimate of drug-likeness (QED) is 0.853. The zero-order chi connectivity index (χ0) is 13.6. The van der Waals surface area contributed by atoms with E-state index in [1.807, 2.05) is 13.8 Å². The van der Waals surface area contributed by atoms with Crippen LogP contribution < -0.4 is 10.9 Å². The second-order valence-corrected chi connectivity index (χ2v) is 7.16. The first-order chi connectivity index (χ1) is 9.01. The molecule has 1 saturated heterocycles. The highest BCUT2D eigenvalue weighted by Gasteiger charge is 2.44. The Morgan fingerprint density at radius 1 is 1.32 bits per heavy atom. The monoisotopic (exact) mass is 282 g/mol. The summed E-state index contributed by atoms with van der Waals surface area (Å²) in [6.45, 7) is 3.93. The van der Waals surface area contributed by atoms with E-state index in [2.05, 4.69) is 15.8 Å². The average Bonchev–Trinajstić information content (AvgIpc) is 2.93. The largest absolute Gasteiger partial charge is 0.304 e. The number of hydrogen-bond acceptors (Lipinski definition) is 5. The fourth-order valence-corrected chi connectivity index (χ4v) is 5.15. The van der Waals surface area contributed by atoms with Gasteiger partial charge in [0.1, 0.15) is 5.82 Å². The third kappa shape index (κ3) is 1.92. The van der Waals surface area contributed by atoms with Crippen LogP contribution in [0.15, 0.2) is 18.3 Å². The first-order valence-corrected chi connectivity index (χ1v) is 8.01. The van der Waals surface area contributed by atoms with Crippen LogP contribution in [0.1, 0.15) is 37.6 Å². The lowest BCUT2D eigenvalue weighted by molar-refractivity contribution is 0.343. The molecule has 2 N–H and O–H groups in total. The molecule has 3 heterocycles. The molecule has 19 heavy (non-hydrogen) atoms. The van der Waals surface area contributed by atoms with Crippen molar-refractivity contribution in [1.82, 2.24) is 14.7 Å². The molecule has 0 aromatic carbocycles. The molecule has 1 aromatic heterocycles. The molecule has 104 valence electrons. The number of hydrogen-bond donors (Lipinski definition) is 2. The van der Waals surface area contributed by atoms with Crippen molar-refractivity contribution in [3.8, 4) is 0 Å². The second kappa shape index (κ2) is 4.43. The maximum Gasteiger partial charge on any atom is 0.236 e. The van der Waals surface area contributed by atoms with Crippen molar-refractivity contribution in [2.75, 3.05) is 5.43 Å². The molecule has 0 bridgehead atoms. The fourth-order valence-electron chi connectivity index (χ4n) is 2.97. The van der Waals surface area contributed by atoms with Crippen LogP contribution in [-0.2, 0) is 10.0 Å². The minimum Gasteiger partial charge on any atom is -0.304 e. The van der Waals surface area contributed by atoms with Gasteiger partial charge in [0, 0.05) is 23.8 Å². The lowest BCUT2D eigenvalue weighted by Crippen LogP contribution is -2.44. The summed E-state index contributed by atoms with van der Waals surface area (Å²) in [5.41, 5.74) is 6.37. The van der Waals surface area contributed by atoms with E-state index in [1.54, 1.807) is 22.6 Å². The van der Waals surface area contributed by atoms with Gasteiger partial charge in [-0.25, -0.2) is 18.8 Å². The summed E-state index contributed by atoms with van der Waals surface area (Å²) in [5.74, 6) is 0.593. The van der Waals surface area contributed by atoms with E-state index in [0.29, 0.717) is 11.4 Å². The molecule has 3 rings (SSSR count). The van der Waals surface area contributed by atoms with Crippen molar-refractivity contribution in [2.45, 2.75) is 44.1 Å². The average molecular weight is 282 g/mol. The SMILES string of the molecule is CC1CCC(C)N1S(=O)(=O)C1NNc2ncccc21. The molecule has 3 unspecified atom stereocenters. The topological polar surface area (TPSA) is 74.3 Å². The number of rotatable bonds is 2. The van der Waals surface area contributed by atoms with Gasteiger partial charge in [0.2, 0.25) is 10.0 Å². The van der Waals surface area contributed by atoms with Crippen molar-refractivity contribution in [2.24, 2.45) is 0 Å². The van der Waals surface area contributed by atoms with Gasteiger partial charge in [0.25, 0.3) is 0 Å². The number of nitrogens with one attached hydrogen (secondary N) is 2. The standard InChI is InChI=1S/C12H18N4O2S/c1-8-5-6-9(2)16(8)19(17,18)12-10-4-3-7-13-11(10)14-15-12/h3-4,7-9,12,15H,5-6H2,1-2H3,(H,13,14). The lowest BCUT2D eigenvalue weighted by atomic mass is 10.2. The molecule has 1 aromatic rings. The summed E-state index contributed by atoms with van der Waals surface area (Å²) in [5, 5.41) is -0.751. The fraction of sp³-hybridized carbons (Fsp3) is 0.583. The minimum absolute atomic E-state index is 0.0579. The number of anilines is 1. The normalized spacial score (nSPS) is 31.2. The summed E-state index contributed by atoms with van der Waals surface area (Å²) in [6, 6.07) is 3.67. The van der Waals surface area contributed by atoms with Crippen LogP contribution in [0.2, 0.25) is 0 Å². The molecule has 0 spiro atoms. The summed E-state index contributed by atoms with van der Waals surface area (Å²) in [4.78, 5) is 4.13. The molecule has 0 aliphatic carbocycles. The predicted octanol–water partition coefficient (Wildman–Crippen LogP) is 1.21. The molecule has 0 radical (unpaired) electrons. The van der Waals surface area contributed by atoms with Gasteiger partial charge in [-0.15, -0.1) is 0 Å². The Morgan fingerprint density at radius 2 is 2.00 bits per heavy atom. The van der Waals surface area contributed by atoms with Gasteiger partial charge in [-0.2, -0.15) is 4.31 Å². The maximum absolute atomic E-state index is 12.8. The Morgan fingerprint density at radius 3 is 2.68 bits per heavy atom. The van der Waals surface area contributed by atoms with Gasteiger partial charge >= 0.3 is 0 Å². The summed E-state index contributed by atoms with van der Waals surface area (Å²) in [7, 11) is -3.43. The molecule has 1 fully saturated rings. The maximum atomic E-state index is 12.8. The summed E-state index contributed by atoms with van der Waals surface area (Å²) in [6.07, 6.45) is 3.48. The Labute approximate surface area is 113 Å². The first-order valence-electron chi connectivity index (χ1n) is 6.50. The van der Waals surface area contributed by atoms with Gasteiger partial charge in [-0.05, 0) is 32.8 Å². The molecule has 2 aliphatic rings. The molecule has 6 nitrogen and oxygen atoms in total. The molecular weight excluding hydrogens is 264 g/mol. The number of aromatic nitrogens is 1. The zero-order valence-electron chi connectivity index (χ0n) is 11.0. The Kier molecular flexibility index (Phi) is 2.99. The molecule has 2 aliphatic heterocycles. The minimum atomic E-state index is -3.43. The van der Waals surface area contributed by atoms with Crippen molar-refractivity contribution in [3.05, 3.63) is 23.9 Å². The van der Waals surface area contributed by atoms with Crippen LogP contribution in [0.4, 0.5) is 5.82 Å². The van der Waals surface area contributed by atoms with Gasteiger partial charge in [-0.3, -0.25) is 0 Å². The Hall–Kier alpha value is -1.18. The van der Waals surface area contributed by atoms with Crippen molar-refractivity contribution in [1.29, 1.82) is 0 Å². The number of sulfonamides is 1. The van der Waals surface area contributed by atoms with E-state index < -0.39 is 15.4 Å². The number of pyridine rings is 1. The van der Waals surface area contributed by atoms with Crippen LogP contribution in [0, 0.1) is 0 Å². The van der Waals surface area contributed by atoms with E-state index in [-0.39, 0.29) is 12.1 Å². The third-order valence-electron chi connectivity index (χ3n) is 3.91. The van der Waals surface area contributed by atoms with E-state index in [9.17, 15) is 8.42 Å². The second-order valence-electron chi connectivity index (χ2n) is 5.24. The molecular formula is C12H18N4O2S. The molecule has 0 amide bonds. The van der Waals surface area contributed by atoms with Crippen molar-refractivity contribution < 1.29 is 8.42 Å². The van der Waals surface area contributed by atoms with Crippen LogP contribution >= 0.6 is 0 Å². The molecule has 7 heteroatoms. The Bertz CT molecular complexity index is 579.